The van der Waals surface area contributed by atoms with Gasteiger partial charge >= 0.3 is 0 Å². The molecule has 1 aliphatic rings. The van der Waals surface area contributed by atoms with E-state index in [-0.39, 0.29) is 5.41 Å². The second kappa shape index (κ2) is 9.94. The van der Waals surface area contributed by atoms with Crippen LogP contribution in [0.4, 0.5) is 0 Å². The molecule has 1 aliphatic carbocycles. The molecule has 0 unspecified atom stereocenters. The number of fused-ring (bicyclic) bond motifs is 12. The van der Waals surface area contributed by atoms with Crippen LogP contribution in [0, 0.1) is 0 Å². The van der Waals surface area contributed by atoms with Crippen molar-refractivity contribution in [3.05, 3.63) is 169 Å². The molecule has 0 radical (unpaired) electrons. The number of hydrogen-bond donors (Lipinski definition) is 0. The van der Waals surface area contributed by atoms with Crippen molar-refractivity contribution >= 4 is 65.0 Å². The summed E-state index contributed by atoms with van der Waals surface area (Å²) in [7, 11) is 0. The van der Waals surface area contributed by atoms with Gasteiger partial charge in [-0.1, -0.05) is 159 Å². The van der Waals surface area contributed by atoms with E-state index in [0.717, 1.165) is 16.7 Å². The smallest absolute Gasteiger partial charge is 0.143 e. The van der Waals surface area contributed by atoms with Gasteiger partial charge in [-0.25, -0.2) is 0 Å². The minimum atomic E-state index is -0.196. The highest BCUT2D eigenvalue weighted by molar-refractivity contribution is 6.29. The van der Waals surface area contributed by atoms with Gasteiger partial charge in [-0.15, -0.1) is 0 Å². The van der Waals surface area contributed by atoms with E-state index in [1.807, 2.05) is 0 Å². The molecule has 0 saturated heterocycles. The molecule has 0 amide bonds. The molecule has 0 N–H and O–H groups in total. The van der Waals surface area contributed by atoms with E-state index in [4.69, 9.17) is 4.42 Å². The van der Waals surface area contributed by atoms with Gasteiger partial charge in [-0.2, -0.15) is 0 Å². The summed E-state index contributed by atoms with van der Waals surface area (Å²) >= 11 is 0. The molecule has 1 heteroatoms. The summed E-state index contributed by atoms with van der Waals surface area (Å²) in [5.41, 5.74) is 11.9. The van der Waals surface area contributed by atoms with Crippen molar-refractivity contribution in [2.75, 3.05) is 0 Å². The van der Waals surface area contributed by atoms with Gasteiger partial charge < -0.3 is 4.42 Å². The number of furan rings is 1. The van der Waals surface area contributed by atoms with Crippen LogP contribution in [0.2, 0.25) is 0 Å². The minimum absolute atomic E-state index is 0.196. The second-order valence-electron chi connectivity index (χ2n) is 14.4. The predicted molar refractivity (Wildman–Crippen MR) is 212 cm³/mol. The van der Waals surface area contributed by atoms with Crippen LogP contribution in [0.25, 0.3) is 98.4 Å². The van der Waals surface area contributed by atoms with Crippen LogP contribution in [0.5, 0.6) is 0 Å². The van der Waals surface area contributed by atoms with E-state index in [1.165, 1.54) is 92.8 Å². The van der Waals surface area contributed by atoms with E-state index < -0.39 is 0 Å². The summed E-state index contributed by atoms with van der Waals surface area (Å²) < 4.78 is 7.13. The Bertz CT molecular complexity index is 3000. The Hall–Kier alpha value is -6.18. The van der Waals surface area contributed by atoms with Crippen LogP contribution in [-0.2, 0) is 5.41 Å². The summed E-state index contributed by atoms with van der Waals surface area (Å²) in [4.78, 5) is 0. The van der Waals surface area contributed by atoms with Gasteiger partial charge in [0.25, 0.3) is 0 Å². The molecule has 1 nitrogen and oxygen atoms in total. The Morgan fingerprint density at radius 1 is 0.400 bits per heavy atom. The zero-order valence-electron chi connectivity index (χ0n) is 27.9. The van der Waals surface area contributed by atoms with Crippen molar-refractivity contribution in [3.8, 4) is 33.4 Å². The van der Waals surface area contributed by atoms with Gasteiger partial charge in [0, 0.05) is 27.3 Å². The Labute approximate surface area is 290 Å². The molecule has 9 aromatic carbocycles. The van der Waals surface area contributed by atoms with Crippen molar-refractivity contribution in [3.63, 3.8) is 0 Å². The fourth-order valence-corrected chi connectivity index (χ4v) is 9.31. The highest BCUT2D eigenvalue weighted by atomic mass is 16.3. The fourth-order valence-electron chi connectivity index (χ4n) is 9.31. The largest absolute Gasteiger partial charge is 0.455 e. The van der Waals surface area contributed by atoms with Crippen molar-refractivity contribution in [2.24, 2.45) is 0 Å². The quantitative estimate of drug-likeness (QED) is 0.172. The van der Waals surface area contributed by atoms with Crippen molar-refractivity contribution in [1.82, 2.24) is 0 Å². The third-order valence-corrected chi connectivity index (χ3v) is 11.4. The molecule has 10 aromatic rings. The van der Waals surface area contributed by atoms with Crippen molar-refractivity contribution in [1.29, 1.82) is 0 Å². The van der Waals surface area contributed by atoms with Gasteiger partial charge in [-0.3, -0.25) is 0 Å². The first kappa shape index (κ1) is 27.7. The van der Waals surface area contributed by atoms with E-state index in [2.05, 4.69) is 172 Å². The monoisotopic (exact) mass is 636 g/mol. The molecule has 0 spiro atoms. The maximum atomic E-state index is 7.13. The van der Waals surface area contributed by atoms with E-state index >= 15 is 0 Å². The zero-order valence-corrected chi connectivity index (χ0v) is 27.9. The third kappa shape index (κ3) is 3.56. The Kier molecular flexibility index (Phi) is 5.51. The van der Waals surface area contributed by atoms with E-state index in [0.29, 0.717) is 0 Å². The summed E-state index contributed by atoms with van der Waals surface area (Å²) in [5.74, 6) is 0. The van der Waals surface area contributed by atoms with Crippen LogP contribution in [0.1, 0.15) is 25.0 Å². The molecule has 0 atom stereocenters. The lowest BCUT2D eigenvalue weighted by Gasteiger charge is -2.23. The first-order chi connectivity index (χ1) is 24.6. The average molecular weight is 637 g/mol. The topological polar surface area (TPSA) is 13.1 Å². The number of benzene rings is 9. The minimum Gasteiger partial charge on any atom is -0.455 e. The van der Waals surface area contributed by atoms with Crippen LogP contribution < -0.4 is 0 Å². The zero-order chi connectivity index (χ0) is 33.1. The molecule has 234 valence electrons. The lowest BCUT2D eigenvalue weighted by molar-refractivity contribution is 0.657. The Morgan fingerprint density at radius 3 is 1.62 bits per heavy atom. The third-order valence-electron chi connectivity index (χ3n) is 11.4. The molecule has 1 heterocycles. The molecule has 0 bridgehead atoms. The first-order valence-corrected chi connectivity index (χ1v) is 17.5. The standard InChI is InChI=1S/C49H32O/c1-49(2)41-25-12-11-19-33(41)39-28-40(48-46(47(39)49)45-32-18-6-4-15-30(32)26-27-42(45)50-48)44-37-22-9-7-20-35(37)43(36-21-8-10-23-38(36)44)34-24-13-16-29-14-3-5-17-31(29)34/h3-28H,1-2H3. The predicted octanol–water partition coefficient (Wildman–Crippen LogP) is 13.8. The van der Waals surface area contributed by atoms with Crippen LogP contribution in [0.3, 0.4) is 0 Å². The fraction of sp³-hybridized carbons (Fsp3) is 0.0612. The van der Waals surface area contributed by atoms with Gasteiger partial charge in [0.15, 0.2) is 0 Å². The van der Waals surface area contributed by atoms with Gasteiger partial charge in [0.05, 0.1) is 0 Å². The van der Waals surface area contributed by atoms with Gasteiger partial charge in [0.2, 0.25) is 0 Å². The van der Waals surface area contributed by atoms with Crippen LogP contribution >= 0.6 is 0 Å². The molecule has 0 aliphatic heterocycles. The van der Waals surface area contributed by atoms with Crippen molar-refractivity contribution < 1.29 is 4.42 Å². The molecule has 1 aromatic heterocycles. The van der Waals surface area contributed by atoms with Crippen LogP contribution in [0.15, 0.2) is 162 Å². The lowest BCUT2D eigenvalue weighted by atomic mass is 9.78. The Balaban J connectivity index is 1.36. The highest BCUT2D eigenvalue weighted by Gasteiger charge is 2.39. The molecule has 11 rings (SSSR count). The molecular weight excluding hydrogens is 605 g/mol. The normalized spacial score (nSPS) is 13.6. The summed E-state index contributed by atoms with van der Waals surface area (Å²) in [5, 5.41) is 12.4. The van der Waals surface area contributed by atoms with E-state index in [9.17, 15) is 0 Å². The SMILES string of the molecule is CC1(C)c2ccccc2-c2cc(-c3c4ccccc4c(-c4cccc5ccccc45)c4ccccc34)c3oc4ccc5ccccc5c4c3c21. The molecule has 50 heavy (non-hydrogen) atoms. The summed E-state index contributed by atoms with van der Waals surface area (Å²) in [6.45, 7) is 4.76. The Morgan fingerprint density at radius 2 is 0.920 bits per heavy atom. The van der Waals surface area contributed by atoms with E-state index in [1.54, 1.807) is 0 Å². The van der Waals surface area contributed by atoms with Crippen molar-refractivity contribution in [2.45, 2.75) is 19.3 Å². The molecular formula is C49H32O. The molecule has 0 fully saturated rings. The second-order valence-corrected chi connectivity index (χ2v) is 14.4. The first-order valence-electron chi connectivity index (χ1n) is 17.5. The summed E-state index contributed by atoms with van der Waals surface area (Å²) in [6.07, 6.45) is 0. The lowest BCUT2D eigenvalue weighted by Crippen LogP contribution is -2.15. The maximum Gasteiger partial charge on any atom is 0.143 e. The highest BCUT2D eigenvalue weighted by Crippen LogP contribution is 2.57. The van der Waals surface area contributed by atoms with Gasteiger partial charge in [0.1, 0.15) is 11.2 Å². The molecule has 0 saturated carbocycles. The number of rotatable bonds is 2. The van der Waals surface area contributed by atoms with Crippen LogP contribution in [-0.4, -0.2) is 0 Å². The average Bonchev–Trinajstić information content (AvgIpc) is 3.66. The number of hydrogen-bond acceptors (Lipinski definition) is 1. The summed E-state index contributed by atoms with van der Waals surface area (Å²) in [6, 6.07) is 57.9. The maximum absolute atomic E-state index is 7.13. The van der Waals surface area contributed by atoms with Gasteiger partial charge in [-0.05, 0) is 88.6 Å².